The Morgan fingerprint density at radius 2 is 0.981 bits per heavy atom. The van der Waals surface area contributed by atoms with E-state index >= 15 is 0 Å². The third kappa shape index (κ3) is 3.92. The topological polar surface area (TPSA) is 35.9 Å². The summed E-state index contributed by atoms with van der Waals surface area (Å²) in [6, 6.07) is 61.1. The molecule has 0 saturated heterocycles. The molecular weight excluding hydrogens is 647 g/mol. The van der Waals surface area contributed by atoms with Crippen LogP contribution in [0.4, 0.5) is 0 Å². The van der Waals surface area contributed by atoms with Gasteiger partial charge in [-0.05, 0) is 65.5 Å². The van der Waals surface area contributed by atoms with Gasteiger partial charge in [0.2, 0.25) is 0 Å². The van der Waals surface area contributed by atoms with Gasteiger partial charge in [-0.25, -0.2) is 0 Å². The van der Waals surface area contributed by atoms with Gasteiger partial charge in [0.05, 0.1) is 27.6 Å². The van der Waals surface area contributed by atoms with Crippen molar-refractivity contribution in [1.29, 1.82) is 0 Å². The molecule has 0 amide bonds. The molecule has 246 valence electrons. The zero-order valence-corrected chi connectivity index (χ0v) is 28.5. The standard InChI is InChI=1S/C49H29N3O/c1-2-17-38-37(16-1)46-40-18-5-9-24-44(40)52(48(46)41-21-12-26-50-47(38)41)32-28-30(33-19-11-20-39-36-15-6-10-25-45(36)53-49(33)39)27-31(29-32)51-42-22-7-3-13-34(42)35-14-4-8-23-43(35)51/h1-29H. The normalized spacial score (nSPS) is 12.2. The molecule has 4 heterocycles. The highest BCUT2D eigenvalue weighted by atomic mass is 16.3. The summed E-state index contributed by atoms with van der Waals surface area (Å²) >= 11 is 0. The lowest BCUT2D eigenvalue weighted by atomic mass is 9.99. The lowest BCUT2D eigenvalue weighted by Crippen LogP contribution is -2.00. The summed E-state index contributed by atoms with van der Waals surface area (Å²) in [5, 5.41) is 10.6. The summed E-state index contributed by atoms with van der Waals surface area (Å²) in [6.07, 6.45) is 1.91. The van der Waals surface area contributed by atoms with Crippen molar-refractivity contribution in [3.63, 3.8) is 0 Å². The molecule has 0 fully saturated rings. The van der Waals surface area contributed by atoms with E-state index < -0.39 is 0 Å². The Hall–Kier alpha value is -7.17. The van der Waals surface area contributed by atoms with Crippen LogP contribution in [0.25, 0.3) is 110 Å². The van der Waals surface area contributed by atoms with Crippen LogP contribution >= 0.6 is 0 Å². The molecule has 53 heavy (non-hydrogen) atoms. The van der Waals surface area contributed by atoms with Crippen LogP contribution in [0, 0.1) is 0 Å². The lowest BCUT2D eigenvalue weighted by Gasteiger charge is -2.17. The van der Waals surface area contributed by atoms with Gasteiger partial charge in [-0.1, -0.05) is 115 Å². The second-order valence-electron chi connectivity index (χ2n) is 13.9. The number of furan rings is 1. The van der Waals surface area contributed by atoms with Gasteiger partial charge in [0.15, 0.2) is 0 Å². The minimum Gasteiger partial charge on any atom is -0.455 e. The number of nitrogens with zero attached hydrogens (tertiary/aromatic N) is 3. The first-order valence-corrected chi connectivity index (χ1v) is 18.0. The summed E-state index contributed by atoms with van der Waals surface area (Å²) in [4.78, 5) is 4.98. The molecule has 0 aliphatic heterocycles. The van der Waals surface area contributed by atoms with Crippen molar-refractivity contribution in [3.8, 4) is 22.5 Å². The quantitative estimate of drug-likeness (QED) is 0.175. The minimum absolute atomic E-state index is 0.891. The SMILES string of the molecule is c1ccc2c(c1)oc1c(-c3cc(-n4c5ccccc5c5ccccc54)cc(-n4c5ccccc5c5c6ccccc6c6ncccc6c54)c3)cccc12. The van der Waals surface area contributed by atoms with Crippen LogP contribution < -0.4 is 0 Å². The Morgan fingerprint density at radius 3 is 1.74 bits per heavy atom. The maximum Gasteiger partial charge on any atom is 0.143 e. The molecular formula is C49H29N3O. The smallest absolute Gasteiger partial charge is 0.143 e. The van der Waals surface area contributed by atoms with E-state index in [2.05, 4.69) is 173 Å². The van der Waals surface area contributed by atoms with Crippen LogP contribution in [-0.4, -0.2) is 14.1 Å². The molecule has 0 radical (unpaired) electrons. The van der Waals surface area contributed by atoms with Gasteiger partial charge >= 0.3 is 0 Å². The van der Waals surface area contributed by atoms with Crippen LogP contribution in [0.15, 0.2) is 180 Å². The zero-order valence-electron chi connectivity index (χ0n) is 28.5. The molecule has 0 aliphatic carbocycles. The van der Waals surface area contributed by atoms with Crippen molar-refractivity contribution >= 4 is 87.2 Å². The van der Waals surface area contributed by atoms with Gasteiger partial charge in [0.25, 0.3) is 0 Å². The fourth-order valence-corrected chi connectivity index (χ4v) is 8.94. The van der Waals surface area contributed by atoms with E-state index in [0.717, 1.165) is 71.8 Å². The molecule has 4 heteroatoms. The number of para-hydroxylation sites is 5. The first kappa shape index (κ1) is 28.5. The number of fused-ring (bicyclic) bond motifs is 14. The van der Waals surface area contributed by atoms with E-state index in [1.165, 1.54) is 38.0 Å². The summed E-state index contributed by atoms with van der Waals surface area (Å²) in [6.45, 7) is 0. The molecule has 0 bridgehead atoms. The van der Waals surface area contributed by atoms with E-state index in [1.54, 1.807) is 0 Å². The fraction of sp³-hybridized carbons (Fsp3) is 0. The Kier molecular flexibility index (Phi) is 5.74. The first-order valence-electron chi connectivity index (χ1n) is 18.0. The monoisotopic (exact) mass is 675 g/mol. The molecule has 0 atom stereocenters. The maximum atomic E-state index is 6.66. The molecule has 8 aromatic carbocycles. The van der Waals surface area contributed by atoms with Crippen LogP contribution in [0.1, 0.15) is 0 Å². The Bertz CT molecular complexity index is 3420. The largest absolute Gasteiger partial charge is 0.455 e. The average molecular weight is 676 g/mol. The molecule has 0 spiro atoms. The van der Waals surface area contributed by atoms with E-state index in [1.807, 2.05) is 12.3 Å². The van der Waals surface area contributed by atoms with Crippen molar-refractivity contribution in [2.75, 3.05) is 0 Å². The molecule has 4 aromatic heterocycles. The average Bonchev–Trinajstić information content (AvgIpc) is 3.89. The molecule has 12 rings (SSSR count). The molecule has 4 nitrogen and oxygen atoms in total. The molecule has 0 N–H and O–H groups in total. The number of hydrogen-bond acceptors (Lipinski definition) is 2. The van der Waals surface area contributed by atoms with E-state index in [9.17, 15) is 0 Å². The highest BCUT2D eigenvalue weighted by Crippen LogP contribution is 2.44. The van der Waals surface area contributed by atoms with Gasteiger partial charge in [-0.15, -0.1) is 0 Å². The van der Waals surface area contributed by atoms with Crippen molar-refractivity contribution in [1.82, 2.24) is 14.1 Å². The third-order valence-electron chi connectivity index (χ3n) is 11.1. The van der Waals surface area contributed by atoms with Crippen LogP contribution in [0.2, 0.25) is 0 Å². The minimum atomic E-state index is 0.891. The number of hydrogen-bond donors (Lipinski definition) is 0. The summed E-state index contributed by atoms with van der Waals surface area (Å²) < 4.78 is 11.5. The maximum absolute atomic E-state index is 6.66. The molecule has 0 saturated carbocycles. The van der Waals surface area contributed by atoms with Crippen LogP contribution in [0.3, 0.4) is 0 Å². The van der Waals surface area contributed by atoms with Gasteiger partial charge in [-0.2, -0.15) is 0 Å². The van der Waals surface area contributed by atoms with E-state index in [0.29, 0.717) is 0 Å². The number of rotatable bonds is 3. The lowest BCUT2D eigenvalue weighted by molar-refractivity contribution is 0.670. The summed E-state index contributed by atoms with van der Waals surface area (Å²) in [5.74, 6) is 0. The van der Waals surface area contributed by atoms with Crippen molar-refractivity contribution < 1.29 is 4.42 Å². The summed E-state index contributed by atoms with van der Waals surface area (Å²) in [7, 11) is 0. The highest BCUT2D eigenvalue weighted by molar-refractivity contribution is 6.31. The van der Waals surface area contributed by atoms with E-state index in [-0.39, 0.29) is 0 Å². The Morgan fingerprint density at radius 1 is 0.415 bits per heavy atom. The second-order valence-corrected chi connectivity index (χ2v) is 13.9. The predicted molar refractivity (Wildman–Crippen MR) is 221 cm³/mol. The number of pyridine rings is 1. The van der Waals surface area contributed by atoms with Gasteiger partial charge in [0, 0.05) is 66.2 Å². The van der Waals surface area contributed by atoms with Crippen molar-refractivity contribution in [2.24, 2.45) is 0 Å². The van der Waals surface area contributed by atoms with Gasteiger partial charge in [0.1, 0.15) is 11.2 Å². The first-order chi connectivity index (χ1) is 26.3. The van der Waals surface area contributed by atoms with Crippen LogP contribution in [0.5, 0.6) is 0 Å². The van der Waals surface area contributed by atoms with E-state index in [4.69, 9.17) is 9.40 Å². The summed E-state index contributed by atoms with van der Waals surface area (Å²) in [5.41, 5.74) is 11.7. The molecule has 0 aliphatic rings. The highest BCUT2D eigenvalue weighted by Gasteiger charge is 2.22. The fourth-order valence-electron chi connectivity index (χ4n) is 8.94. The third-order valence-corrected chi connectivity index (χ3v) is 11.1. The Labute approximate surface area is 303 Å². The van der Waals surface area contributed by atoms with Crippen LogP contribution in [-0.2, 0) is 0 Å². The molecule has 12 aromatic rings. The number of aromatic nitrogens is 3. The Balaban J connectivity index is 1.27. The second kappa shape index (κ2) is 10.7. The van der Waals surface area contributed by atoms with Gasteiger partial charge in [-0.3, -0.25) is 4.98 Å². The molecule has 0 unspecified atom stereocenters. The predicted octanol–water partition coefficient (Wildman–Crippen LogP) is 13.1. The van der Waals surface area contributed by atoms with Crippen molar-refractivity contribution in [2.45, 2.75) is 0 Å². The van der Waals surface area contributed by atoms with Crippen molar-refractivity contribution in [3.05, 3.63) is 176 Å². The zero-order chi connectivity index (χ0) is 34.6. The number of benzene rings is 8. The van der Waals surface area contributed by atoms with Gasteiger partial charge < -0.3 is 13.6 Å².